The van der Waals surface area contributed by atoms with Crippen LogP contribution < -0.4 is 20.7 Å². The molecule has 1 aliphatic heterocycles. The maximum Gasteiger partial charge on any atom is 0.243 e. The quantitative estimate of drug-likeness (QED) is 0.722. The van der Waals surface area contributed by atoms with Crippen molar-refractivity contribution < 1.29 is 14.3 Å². The van der Waals surface area contributed by atoms with Crippen molar-refractivity contribution >= 4 is 41.7 Å². The van der Waals surface area contributed by atoms with Crippen LogP contribution in [0.4, 0.5) is 5.69 Å². The van der Waals surface area contributed by atoms with E-state index in [2.05, 4.69) is 16.0 Å². The minimum Gasteiger partial charge on any atom is -0.494 e. The molecular weight excluding hydrogens is 326 g/mol. The molecule has 0 aliphatic carbocycles. The Labute approximate surface area is 140 Å². The van der Waals surface area contributed by atoms with Crippen molar-refractivity contribution in [2.75, 3.05) is 30.1 Å². The van der Waals surface area contributed by atoms with Crippen molar-refractivity contribution in [3.05, 3.63) is 24.3 Å². The number of amides is 2. The number of rotatable bonds is 6. The second-order valence-electron chi connectivity index (χ2n) is 4.50. The van der Waals surface area contributed by atoms with Gasteiger partial charge in [-0.1, -0.05) is 0 Å². The summed E-state index contributed by atoms with van der Waals surface area (Å²) in [5, 5.41) is 8.40. The number of thioether (sulfide) groups is 1. The SMILES string of the molecule is CCOc1ccc(NC(=O)CNC(=O)C2CSCN2)cc1.Cl. The highest BCUT2D eigenvalue weighted by atomic mass is 35.5. The molecule has 3 N–H and O–H groups in total. The summed E-state index contributed by atoms with van der Waals surface area (Å²) in [7, 11) is 0. The summed E-state index contributed by atoms with van der Waals surface area (Å²) in [6.07, 6.45) is 0. The fraction of sp³-hybridized carbons (Fsp3) is 0.429. The van der Waals surface area contributed by atoms with Gasteiger partial charge < -0.3 is 15.4 Å². The molecule has 8 heteroatoms. The van der Waals surface area contributed by atoms with Gasteiger partial charge >= 0.3 is 0 Å². The number of ether oxygens (including phenoxy) is 1. The Balaban J connectivity index is 0.00000242. The van der Waals surface area contributed by atoms with Crippen LogP contribution in [-0.4, -0.2) is 42.6 Å². The molecule has 22 heavy (non-hydrogen) atoms. The minimum atomic E-state index is -0.252. The van der Waals surface area contributed by atoms with Gasteiger partial charge in [0, 0.05) is 17.3 Å². The van der Waals surface area contributed by atoms with E-state index in [0.29, 0.717) is 12.3 Å². The van der Waals surface area contributed by atoms with E-state index in [9.17, 15) is 9.59 Å². The Bertz CT molecular complexity index is 493. The number of halogens is 1. The van der Waals surface area contributed by atoms with Crippen LogP contribution in [0, 0.1) is 0 Å². The summed E-state index contributed by atoms with van der Waals surface area (Å²) < 4.78 is 5.32. The highest BCUT2D eigenvalue weighted by molar-refractivity contribution is 7.99. The second kappa shape index (κ2) is 9.55. The van der Waals surface area contributed by atoms with Crippen molar-refractivity contribution in [3.8, 4) is 5.75 Å². The molecule has 1 unspecified atom stereocenters. The van der Waals surface area contributed by atoms with E-state index in [1.807, 2.05) is 6.92 Å². The Morgan fingerprint density at radius 1 is 1.36 bits per heavy atom. The lowest BCUT2D eigenvalue weighted by Crippen LogP contribution is -2.44. The zero-order valence-corrected chi connectivity index (χ0v) is 13.9. The summed E-state index contributed by atoms with van der Waals surface area (Å²) in [6, 6.07) is 6.90. The first-order valence-corrected chi connectivity index (χ1v) is 7.96. The predicted molar refractivity (Wildman–Crippen MR) is 90.7 cm³/mol. The average Bonchev–Trinajstić information content (AvgIpc) is 3.01. The average molecular weight is 346 g/mol. The lowest BCUT2D eigenvalue weighted by atomic mass is 10.3. The Morgan fingerprint density at radius 2 is 2.09 bits per heavy atom. The van der Waals surface area contributed by atoms with Gasteiger partial charge in [0.15, 0.2) is 0 Å². The van der Waals surface area contributed by atoms with E-state index >= 15 is 0 Å². The van der Waals surface area contributed by atoms with E-state index in [-0.39, 0.29) is 36.8 Å². The van der Waals surface area contributed by atoms with Gasteiger partial charge in [-0.15, -0.1) is 24.2 Å². The highest BCUT2D eigenvalue weighted by Gasteiger charge is 2.22. The van der Waals surface area contributed by atoms with Crippen LogP contribution in [0.15, 0.2) is 24.3 Å². The molecule has 0 aromatic heterocycles. The van der Waals surface area contributed by atoms with Crippen molar-refractivity contribution in [3.63, 3.8) is 0 Å². The molecule has 6 nitrogen and oxygen atoms in total. The van der Waals surface area contributed by atoms with Crippen LogP contribution in [0.5, 0.6) is 5.75 Å². The Hall–Kier alpha value is -1.44. The largest absolute Gasteiger partial charge is 0.494 e. The van der Waals surface area contributed by atoms with E-state index in [0.717, 1.165) is 17.4 Å². The van der Waals surface area contributed by atoms with Crippen LogP contribution in [0.1, 0.15) is 6.92 Å². The molecule has 2 amide bonds. The molecule has 0 radical (unpaired) electrons. The maximum absolute atomic E-state index is 11.8. The molecule has 0 saturated carbocycles. The first-order chi connectivity index (χ1) is 10.2. The molecule has 1 atom stereocenters. The van der Waals surface area contributed by atoms with Crippen LogP contribution in [0.2, 0.25) is 0 Å². The van der Waals surface area contributed by atoms with Crippen molar-refractivity contribution in [1.82, 2.24) is 10.6 Å². The summed E-state index contributed by atoms with van der Waals surface area (Å²) in [4.78, 5) is 23.5. The predicted octanol–water partition coefficient (Wildman–Crippen LogP) is 1.22. The van der Waals surface area contributed by atoms with Crippen molar-refractivity contribution in [2.45, 2.75) is 13.0 Å². The summed E-state index contributed by atoms with van der Waals surface area (Å²) >= 11 is 1.67. The fourth-order valence-electron chi connectivity index (χ4n) is 1.86. The maximum atomic E-state index is 11.8. The smallest absolute Gasteiger partial charge is 0.243 e. The number of hydrogen-bond donors (Lipinski definition) is 3. The number of hydrogen-bond acceptors (Lipinski definition) is 5. The topological polar surface area (TPSA) is 79.5 Å². The Kier molecular flexibility index (Phi) is 8.08. The molecule has 2 rings (SSSR count). The van der Waals surface area contributed by atoms with E-state index in [1.165, 1.54) is 0 Å². The number of carbonyl (C=O) groups excluding carboxylic acids is 2. The monoisotopic (exact) mass is 345 g/mol. The molecule has 1 fully saturated rings. The van der Waals surface area contributed by atoms with Gasteiger partial charge in [0.1, 0.15) is 5.75 Å². The zero-order valence-electron chi connectivity index (χ0n) is 12.3. The minimum absolute atomic E-state index is 0. The van der Waals surface area contributed by atoms with E-state index < -0.39 is 0 Å². The number of carbonyl (C=O) groups is 2. The number of benzene rings is 1. The normalized spacial score (nSPS) is 16.5. The molecule has 0 spiro atoms. The third-order valence-electron chi connectivity index (χ3n) is 2.91. The summed E-state index contributed by atoms with van der Waals surface area (Å²) in [5.41, 5.74) is 0.673. The number of nitrogens with one attached hydrogen (secondary N) is 3. The van der Waals surface area contributed by atoms with Gasteiger partial charge in [-0.3, -0.25) is 14.9 Å². The molecule has 1 saturated heterocycles. The summed E-state index contributed by atoms with van der Waals surface area (Å²) in [5.74, 6) is 1.89. The van der Waals surface area contributed by atoms with Gasteiger partial charge in [-0.2, -0.15) is 0 Å². The first kappa shape index (κ1) is 18.6. The molecular formula is C14H20ClN3O3S. The van der Waals surface area contributed by atoms with Crippen LogP contribution in [0.3, 0.4) is 0 Å². The van der Waals surface area contributed by atoms with Crippen LogP contribution in [-0.2, 0) is 9.59 Å². The fourth-order valence-corrected chi connectivity index (χ4v) is 2.80. The molecule has 1 heterocycles. The van der Waals surface area contributed by atoms with Gasteiger partial charge in [-0.25, -0.2) is 0 Å². The molecule has 1 aromatic carbocycles. The molecule has 0 bridgehead atoms. The number of anilines is 1. The second-order valence-corrected chi connectivity index (χ2v) is 5.53. The van der Waals surface area contributed by atoms with Gasteiger partial charge in [0.05, 0.1) is 19.2 Å². The van der Waals surface area contributed by atoms with Crippen LogP contribution in [0.25, 0.3) is 0 Å². The van der Waals surface area contributed by atoms with Crippen molar-refractivity contribution in [2.24, 2.45) is 0 Å². The van der Waals surface area contributed by atoms with E-state index in [4.69, 9.17) is 4.74 Å². The molecule has 122 valence electrons. The molecule has 1 aliphatic rings. The highest BCUT2D eigenvalue weighted by Crippen LogP contribution is 2.15. The third-order valence-corrected chi connectivity index (χ3v) is 3.84. The van der Waals surface area contributed by atoms with Gasteiger partial charge in [0.25, 0.3) is 0 Å². The van der Waals surface area contributed by atoms with E-state index in [1.54, 1.807) is 36.0 Å². The lowest BCUT2D eigenvalue weighted by molar-refractivity contribution is -0.125. The van der Waals surface area contributed by atoms with Gasteiger partial charge in [0.2, 0.25) is 11.8 Å². The van der Waals surface area contributed by atoms with Crippen molar-refractivity contribution in [1.29, 1.82) is 0 Å². The lowest BCUT2D eigenvalue weighted by Gasteiger charge is -2.11. The van der Waals surface area contributed by atoms with Crippen LogP contribution >= 0.6 is 24.2 Å². The standard InChI is InChI=1S/C14H19N3O3S.ClH/c1-2-20-11-5-3-10(4-6-11)17-13(18)7-15-14(19)12-8-21-9-16-12;/h3-6,12,16H,2,7-9H2,1H3,(H,15,19)(H,17,18);1H. The zero-order chi connectivity index (χ0) is 15.1. The first-order valence-electron chi connectivity index (χ1n) is 6.80. The molecule has 1 aromatic rings. The third kappa shape index (κ3) is 5.75. The van der Waals surface area contributed by atoms with Gasteiger partial charge in [-0.05, 0) is 31.2 Å². The summed E-state index contributed by atoms with van der Waals surface area (Å²) in [6.45, 7) is 2.48. The Morgan fingerprint density at radius 3 is 2.68 bits per heavy atom.